The van der Waals surface area contributed by atoms with Crippen LogP contribution in [-0.4, -0.2) is 35.4 Å². The Kier molecular flexibility index (Phi) is 3.76. The number of piperidine rings is 1. The Morgan fingerprint density at radius 3 is 2.82 bits per heavy atom. The van der Waals surface area contributed by atoms with Crippen molar-refractivity contribution in [1.29, 1.82) is 0 Å². The van der Waals surface area contributed by atoms with E-state index in [0.29, 0.717) is 24.6 Å². The summed E-state index contributed by atoms with van der Waals surface area (Å²) in [6.45, 7) is 3.51. The molecule has 96 valence electrons. The molecule has 6 heteroatoms. The second-order valence-corrected chi connectivity index (χ2v) is 4.37. The van der Waals surface area contributed by atoms with E-state index in [2.05, 4.69) is 15.5 Å². The number of methoxy groups -OCH3 is 1. The lowest BCUT2D eigenvalue weighted by Crippen LogP contribution is -2.40. The lowest BCUT2D eigenvalue weighted by Gasteiger charge is -2.28. The fourth-order valence-electron chi connectivity index (χ4n) is 2.06. The van der Waals surface area contributed by atoms with E-state index < -0.39 is 5.60 Å². The topological polar surface area (TPSA) is 80.4 Å². The first kappa shape index (κ1) is 12.5. The number of rotatable bonds is 4. The summed E-state index contributed by atoms with van der Waals surface area (Å²) >= 11 is 0. The monoisotopic (exact) mass is 241 g/mol. The predicted molar refractivity (Wildman–Crippen MR) is 60.3 cm³/mol. The maximum absolute atomic E-state index is 10.4. The number of aliphatic hydroxyl groups is 1. The van der Waals surface area contributed by atoms with Crippen LogP contribution in [-0.2, 0) is 10.3 Å². The summed E-state index contributed by atoms with van der Waals surface area (Å²) in [5.74, 6) is 0.821. The Labute approximate surface area is 100 Å². The third-order valence-electron chi connectivity index (χ3n) is 3.21. The van der Waals surface area contributed by atoms with Gasteiger partial charge in [0.25, 0.3) is 5.89 Å². The van der Waals surface area contributed by atoms with Crippen molar-refractivity contribution >= 4 is 0 Å². The van der Waals surface area contributed by atoms with Gasteiger partial charge >= 0.3 is 0 Å². The van der Waals surface area contributed by atoms with E-state index in [-0.39, 0.29) is 6.10 Å². The number of nitrogens with zero attached hydrogens (tertiary/aromatic N) is 2. The molecule has 1 saturated heterocycles. The fourth-order valence-corrected chi connectivity index (χ4v) is 2.06. The molecule has 0 saturated carbocycles. The highest BCUT2D eigenvalue weighted by Gasteiger charge is 2.37. The summed E-state index contributed by atoms with van der Waals surface area (Å²) in [7, 11) is 1.61. The van der Waals surface area contributed by atoms with E-state index in [1.807, 2.05) is 6.92 Å². The maximum atomic E-state index is 10.4. The molecule has 0 amide bonds. The zero-order valence-corrected chi connectivity index (χ0v) is 10.3. The summed E-state index contributed by atoms with van der Waals surface area (Å²) in [6.07, 6.45) is 1.80. The van der Waals surface area contributed by atoms with E-state index in [9.17, 15) is 5.11 Å². The average molecular weight is 241 g/mol. The molecule has 0 spiro atoms. The molecule has 2 N–H and O–H groups in total. The Morgan fingerprint density at radius 2 is 2.24 bits per heavy atom. The van der Waals surface area contributed by atoms with Gasteiger partial charge in [-0.1, -0.05) is 12.1 Å². The zero-order valence-electron chi connectivity index (χ0n) is 10.3. The van der Waals surface area contributed by atoms with Crippen LogP contribution < -0.4 is 5.32 Å². The summed E-state index contributed by atoms with van der Waals surface area (Å²) in [5.41, 5.74) is -0.984. The van der Waals surface area contributed by atoms with Gasteiger partial charge in [-0.05, 0) is 32.4 Å². The van der Waals surface area contributed by atoms with Gasteiger partial charge in [0, 0.05) is 7.11 Å². The molecule has 1 unspecified atom stereocenters. The molecule has 1 atom stereocenters. The predicted octanol–water partition coefficient (Wildman–Crippen LogP) is 0.738. The van der Waals surface area contributed by atoms with Gasteiger partial charge in [0.1, 0.15) is 11.7 Å². The Hall–Kier alpha value is -0.980. The summed E-state index contributed by atoms with van der Waals surface area (Å²) < 4.78 is 10.4. The van der Waals surface area contributed by atoms with Crippen LogP contribution >= 0.6 is 0 Å². The second-order valence-electron chi connectivity index (χ2n) is 4.37. The van der Waals surface area contributed by atoms with Gasteiger partial charge < -0.3 is 19.7 Å². The SMILES string of the molecule is CCC(OC)c1noc(C2(O)CCNCC2)n1. The van der Waals surface area contributed by atoms with Gasteiger partial charge in [0.05, 0.1) is 0 Å². The first-order valence-electron chi connectivity index (χ1n) is 5.99. The molecule has 0 radical (unpaired) electrons. The van der Waals surface area contributed by atoms with Crippen molar-refractivity contribution in [1.82, 2.24) is 15.5 Å². The zero-order chi connectivity index (χ0) is 12.3. The van der Waals surface area contributed by atoms with Crippen molar-refractivity contribution in [3.05, 3.63) is 11.7 Å². The molecule has 2 heterocycles. The van der Waals surface area contributed by atoms with Gasteiger partial charge in [-0.3, -0.25) is 0 Å². The Morgan fingerprint density at radius 1 is 1.53 bits per heavy atom. The van der Waals surface area contributed by atoms with E-state index in [0.717, 1.165) is 19.5 Å². The maximum Gasteiger partial charge on any atom is 0.258 e. The van der Waals surface area contributed by atoms with Crippen LogP contribution in [0, 0.1) is 0 Å². The minimum Gasteiger partial charge on any atom is -0.380 e. The van der Waals surface area contributed by atoms with Gasteiger partial charge in [-0.2, -0.15) is 4.98 Å². The van der Waals surface area contributed by atoms with Crippen LogP contribution in [0.4, 0.5) is 0 Å². The van der Waals surface area contributed by atoms with Crippen molar-refractivity contribution in [3.8, 4) is 0 Å². The molecule has 17 heavy (non-hydrogen) atoms. The largest absolute Gasteiger partial charge is 0.380 e. The normalized spacial score (nSPS) is 21.4. The molecule has 1 aromatic rings. The van der Waals surface area contributed by atoms with E-state index in [4.69, 9.17) is 9.26 Å². The number of aromatic nitrogens is 2. The van der Waals surface area contributed by atoms with E-state index >= 15 is 0 Å². The van der Waals surface area contributed by atoms with Crippen molar-refractivity contribution < 1.29 is 14.4 Å². The molecule has 1 aliphatic heterocycles. The molecule has 1 aliphatic rings. The van der Waals surface area contributed by atoms with Crippen LogP contribution in [0.3, 0.4) is 0 Å². The van der Waals surface area contributed by atoms with Gasteiger partial charge in [0.15, 0.2) is 0 Å². The minimum absolute atomic E-state index is 0.169. The Balaban J connectivity index is 2.16. The van der Waals surface area contributed by atoms with Crippen molar-refractivity contribution in [2.24, 2.45) is 0 Å². The van der Waals surface area contributed by atoms with Crippen LogP contribution in [0.1, 0.15) is 44.0 Å². The first-order valence-corrected chi connectivity index (χ1v) is 5.99. The Bertz CT molecular complexity index is 357. The van der Waals surface area contributed by atoms with E-state index in [1.165, 1.54) is 0 Å². The molecule has 0 aromatic carbocycles. The first-order chi connectivity index (χ1) is 8.19. The molecule has 0 aliphatic carbocycles. The molecule has 6 nitrogen and oxygen atoms in total. The molecular formula is C11H19N3O3. The van der Waals surface area contributed by atoms with Crippen molar-refractivity contribution in [3.63, 3.8) is 0 Å². The average Bonchev–Trinajstić information content (AvgIpc) is 2.82. The van der Waals surface area contributed by atoms with Gasteiger partial charge in [-0.15, -0.1) is 0 Å². The smallest absolute Gasteiger partial charge is 0.258 e. The third kappa shape index (κ3) is 2.48. The molecule has 1 fully saturated rings. The van der Waals surface area contributed by atoms with E-state index in [1.54, 1.807) is 7.11 Å². The summed E-state index contributed by atoms with van der Waals surface area (Å²) in [6, 6.07) is 0. The lowest BCUT2D eigenvalue weighted by molar-refractivity contribution is -0.0228. The molecular weight excluding hydrogens is 222 g/mol. The molecule has 0 bridgehead atoms. The lowest BCUT2D eigenvalue weighted by atomic mass is 9.92. The quantitative estimate of drug-likeness (QED) is 0.809. The molecule has 1 aromatic heterocycles. The van der Waals surface area contributed by atoms with Crippen LogP contribution in [0.5, 0.6) is 0 Å². The number of hydrogen-bond donors (Lipinski definition) is 2. The number of hydrogen-bond acceptors (Lipinski definition) is 6. The standard InChI is InChI=1S/C11H19N3O3/c1-3-8(16-2)9-13-10(17-14-9)11(15)4-6-12-7-5-11/h8,12,15H,3-7H2,1-2H3. The van der Waals surface area contributed by atoms with Crippen molar-refractivity contribution in [2.45, 2.75) is 37.9 Å². The number of ether oxygens (including phenoxy) is 1. The second kappa shape index (κ2) is 5.12. The third-order valence-corrected chi connectivity index (χ3v) is 3.21. The van der Waals surface area contributed by atoms with Crippen LogP contribution in [0.25, 0.3) is 0 Å². The molecule has 2 rings (SSSR count). The van der Waals surface area contributed by atoms with Crippen LogP contribution in [0.15, 0.2) is 4.52 Å². The highest BCUT2D eigenvalue weighted by molar-refractivity contribution is 5.02. The fraction of sp³-hybridized carbons (Fsp3) is 0.818. The number of nitrogens with one attached hydrogen (secondary N) is 1. The summed E-state index contributed by atoms with van der Waals surface area (Å²) in [4.78, 5) is 4.27. The van der Waals surface area contributed by atoms with Crippen LogP contribution in [0.2, 0.25) is 0 Å². The highest BCUT2D eigenvalue weighted by atomic mass is 16.5. The summed E-state index contributed by atoms with van der Waals surface area (Å²) in [5, 5.41) is 17.5. The minimum atomic E-state index is -0.984. The van der Waals surface area contributed by atoms with Gasteiger partial charge in [0.2, 0.25) is 5.82 Å². The van der Waals surface area contributed by atoms with Gasteiger partial charge in [-0.25, -0.2) is 0 Å². The highest BCUT2D eigenvalue weighted by Crippen LogP contribution is 2.30. The van der Waals surface area contributed by atoms with Crippen molar-refractivity contribution in [2.75, 3.05) is 20.2 Å².